The fourth-order valence-corrected chi connectivity index (χ4v) is 5.67. The molecule has 228 valence electrons. The summed E-state index contributed by atoms with van der Waals surface area (Å²) in [4.78, 5) is 45.0. The molecule has 3 N–H and O–H groups in total. The summed E-state index contributed by atoms with van der Waals surface area (Å²) in [6.45, 7) is 4.04. The van der Waals surface area contributed by atoms with E-state index in [1.807, 2.05) is 73.7 Å². The fourth-order valence-electron chi connectivity index (χ4n) is 5.45. The average molecular weight is 615 g/mol. The first-order valence-corrected chi connectivity index (χ1v) is 15.1. The predicted octanol–water partition coefficient (Wildman–Crippen LogP) is 3.91. The molecular formula is C33H35ClN6O4. The Labute approximate surface area is 261 Å². The van der Waals surface area contributed by atoms with Gasteiger partial charge in [0.1, 0.15) is 23.7 Å². The second kappa shape index (κ2) is 11.9. The molecule has 2 aliphatic heterocycles. The Morgan fingerprint density at radius 2 is 1.89 bits per heavy atom. The number of carbonyl (C=O) groups is 3. The van der Waals surface area contributed by atoms with E-state index in [0.717, 1.165) is 22.0 Å². The maximum absolute atomic E-state index is 13.6. The molecule has 5 bridgehead atoms. The number of hydrogen-bond donors (Lipinski definition) is 3. The molecule has 11 heteroatoms. The zero-order valence-corrected chi connectivity index (χ0v) is 25.6. The first-order valence-electron chi connectivity index (χ1n) is 14.8. The van der Waals surface area contributed by atoms with E-state index >= 15 is 0 Å². The summed E-state index contributed by atoms with van der Waals surface area (Å²) in [7, 11) is 1.73. The standard InChI is InChI=1S/C33H35ClN6O4/c1-20-32(43)40-16-6-9-25(37-40)30(41)38-39(3)29-13-12-22-11-10-21(17-26(22)36-29)14-15-33(2)19-28(33)44-27(31(42)35-20)18-23-7-4-5-8-24(23)34/h4-5,7-8,10-15,17,19-20,25,27,37H,6,9,16,18H2,1-3H3,(H,35,42)(H,38,41)/b15-14+/t20?,25?,27?,33-/m1/s1. The molecule has 2 aromatic carbocycles. The number of allylic oxidation sites excluding steroid dienone is 2. The molecule has 4 atom stereocenters. The van der Waals surface area contributed by atoms with Crippen LogP contribution in [0.4, 0.5) is 5.82 Å². The van der Waals surface area contributed by atoms with Crippen LogP contribution in [0, 0.1) is 5.41 Å². The molecule has 1 aliphatic carbocycles. The van der Waals surface area contributed by atoms with Crippen molar-refractivity contribution in [2.24, 2.45) is 5.41 Å². The largest absolute Gasteiger partial charge is 0.484 e. The number of carbonyl (C=O) groups excluding carboxylic acids is 3. The summed E-state index contributed by atoms with van der Waals surface area (Å²) in [6.07, 6.45) is 6.45. The molecule has 10 nitrogen and oxygen atoms in total. The van der Waals surface area contributed by atoms with Crippen molar-refractivity contribution in [3.05, 3.63) is 88.7 Å². The molecule has 3 unspecified atom stereocenters. The number of amides is 3. The van der Waals surface area contributed by atoms with Gasteiger partial charge in [0.15, 0.2) is 6.10 Å². The Morgan fingerprint density at radius 1 is 1.09 bits per heavy atom. The number of hydrogen-bond acceptors (Lipinski definition) is 7. The van der Waals surface area contributed by atoms with Gasteiger partial charge in [0, 0.05) is 30.4 Å². The van der Waals surface area contributed by atoms with Gasteiger partial charge in [0.2, 0.25) is 0 Å². The van der Waals surface area contributed by atoms with Crippen LogP contribution >= 0.6 is 11.6 Å². The number of anilines is 1. The molecule has 1 saturated heterocycles. The monoisotopic (exact) mass is 614 g/mol. The van der Waals surface area contributed by atoms with Gasteiger partial charge in [-0.3, -0.25) is 29.8 Å². The minimum absolute atomic E-state index is 0.222. The van der Waals surface area contributed by atoms with Crippen LogP contribution in [0.25, 0.3) is 17.0 Å². The van der Waals surface area contributed by atoms with Gasteiger partial charge in [-0.2, -0.15) is 0 Å². The van der Waals surface area contributed by atoms with Crippen LogP contribution in [-0.4, -0.2) is 59.5 Å². The van der Waals surface area contributed by atoms with Gasteiger partial charge in [-0.25, -0.2) is 10.4 Å². The number of nitrogens with one attached hydrogen (secondary N) is 3. The van der Waals surface area contributed by atoms with Crippen molar-refractivity contribution < 1.29 is 19.1 Å². The lowest BCUT2D eigenvalue weighted by atomic mass is 10.0. The van der Waals surface area contributed by atoms with E-state index in [-0.39, 0.29) is 18.2 Å². The van der Waals surface area contributed by atoms with Crippen LogP contribution in [0.1, 0.15) is 37.8 Å². The quantitative estimate of drug-likeness (QED) is 0.401. The zero-order valence-electron chi connectivity index (χ0n) is 24.8. The molecule has 3 heterocycles. The van der Waals surface area contributed by atoms with Gasteiger partial charge in [0.25, 0.3) is 17.7 Å². The van der Waals surface area contributed by atoms with Crippen molar-refractivity contribution in [1.82, 2.24) is 26.2 Å². The number of hydrazine groups is 2. The summed E-state index contributed by atoms with van der Waals surface area (Å²) in [5.74, 6) is 0.170. The van der Waals surface area contributed by atoms with Crippen molar-refractivity contribution in [1.29, 1.82) is 0 Å². The van der Waals surface area contributed by atoms with E-state index in [2.05, 4.69) is 16.2 Å². The van der Waals surface area contributed by atoms with Crippen molar-refractivity contribution in [3.8, 4) is 0 Å². The Hall–Kier alpha value is -4.41. The van der Waals surface area contributed by atoms with Gasteiger partial charge in [-0.1, -0.05) is 54.1 Å². The van der Waals surface area contributed by atoms with Crippen LogP contribution < -0.4 is 21.2 Å². The SMILES string of the molecule is CC1NC(=O)C(Cc2ccccc2Cl)OC2=C[C@@]2(C)/C=C/c2ccc3ccc(nc3c2)N(C)NC(=O)C2CCCN(N2)C1=O. The highest BCUT2D eigenvalue weighted by atomic mass is 35.5. The Bertz CT molecular complexity index is 1690. The molecule has 6 rings (SSSR count). The highest BCUT2D eigenvalue weighted by Crippen LogP contribution is 2.47. The number of fused-ring (bicyclic) bond motifs is 5. The third-order valence-electron chi connectivity index (χ3n) is 8.25. The molecular weight excluding hydrogens is 580 g/mol. The van der Waals surface area contributed by atoms with Gasteiger partial charge in [0.05, 0.1) is 10.9 Å². The molecule has 1 aromatic heterocycles. The lowest BCUT2D eigenvalue weighted by Crippen LogP contribution is -2.62. The van der Waals surface area contributed by atoms with Crippen LogP contribution in [0.3, 0.4) is 0 Å². The fraction of sp³-hybridized carbons (Fsp3) is 0.333. The summed E-state index contributed by atoms with van der Waals surface area (Å²) < 4.78 is 6.29. The number of benzene rings is 2. The minimum atomic E-state index is -0.924. The van der Waals surface area contributed by atoms with Gasteiger partial charge in [-0.05, 0) is 68.2 Å². The lowest BCUT2D eigenvalue weighted by Gasteiger charge is -2.35. The summed E-state index contributed by atoms with van der Waals surface area (Å²) in [6, 6.07) is 15.6. The van der Waals surface area contributed by atoms with E-state index in [9.17, 15) is 14.4 Å². The second-order valence-electron chi connectivity index (χ2n) is 11.7. The van der Waals surface area contributed by atoms with Crippen LogP contribution in [0.2, 0.25) is 5.02 Å². The summed E-state index contributed by atoms with van der Waals surface area (Å²) >= 11 is 6.44. The number of aromatic nitrogens is 1. The summed E-state index contributed by atoms with van der Waals surface area (Å²) in [5.41, 5.74) is 7.94. The van der Waals surface area contributed by atoms with Crippen molar-refractivity contribution in [3.63, 3.8) is 0 Å². The Morgan fingerprint density at radius 3 is 2.70 bits per heavy atom. The van der Waals surface area contributed by atoms with E-state index in [1.54, 1.807) is 25.0 Å². The number of ether oxygens (including phenoxy) is 1. The normalized spacial score (nSPS) is 26.7. The first kappa shape index (κ1) is 29.7. The molecule has 3 amide bonds. The second-order valence-corrected chi connectivity index (χ2v) is 12.1. The lowest BCUT2D eigenvalue weighted by molar-refractivity contribution is -0.144. The molecule has 1 fully saturated rings. The van der Waals surface area contributed by atoms with Crippen molar-refractivity contribution >= 4 is 52.1 Å². The predicted molar refractivity (Wildman–Crippen MR) is 169 cm³/mol. The molecule has 3 aliphatic rings. The van der Waals surface area contributed by atoms with Gasteiger partial charge >= 0.3 is 0 Å². The van der Waals surface area contributed by atoms with E-state index in [1.165, 1.54) is 5.01 Å². The van der Waals surface area contributed by atoms with Crippen molar-refractivity contribution in [2.45, 2.75) is 51.3 Å². The van der Waals surface area contributed by atoms with Crippen LogP contribution in [-0.2, 0) is 25.5 Å². The van der Waals surface area contributed by atoms with Gasteiger partial charge < -0.3 is 10.1 Å². The van der Waals surface area contributed by atoms with E-state index in [4.69, 9.17) is 21.3 Å². The number of nitrogens with zero attached hydrogens (tertiary/aromatic N) is 3. The molecule has 0 spiro atoms. The smallest absolute Gasteiger partial charge is 0.262 e. The average Bonchev–Trinajstić information content (AvgIpc) is 3.67. The van der Waals surface area contributed by atoms with Crippen LogP contribution in [0.5, 0.6) is 0 Å². The number of pyridine rings is 1. The van der Waals surface area contributed by atoms with Crippen LogP contribution in [0.15, 0.2) is 72.5 Å². The third kappa shape index (κ3) is 6.27. The van der Waals surface area contributed by atoms with Gasteiger partial charge in [-0.15, -0.1) is 0 Å². The third-order valence-corrected chi connectivity index (χ3v) is 8.61. The Kier molecular flexibility index (Phi) is 8.04. The molecule has 0 radical (unpaired) electrons. The highest BCUT2D eigenvalue weighted by molar-refractivity contribution is 6.31. The minimum Gasteiger partial charge on any atom is -0.484 e. The number of halogens is 1. The Balaban J connectivity index is 1.32. The van der Waals surface area contributed by atoms with E-state index in [0.29, 0.717) is 36.0 Å². The topological polar surface area (TPSA) is 116 Å². The maximum Gasteiger partial charge on any atom is 0.262 e. The molecule has 3 aromatic rings. The maximum atomic E-state index is 13.6. The number of rotatable bonds is 2. The van der Waals surface area contributed by atoms with E-state index < -0.39 is 29.5 Å². The molecule has 0 saturated carbocycles. The zero-order chi connectivity index (χ0) is 31.0. The summed E-state index contributed by atoms with van der Waals surface area (Å²) in [5, 5.41) is 7.32. The molecule has 44 heavy (non-hydrogen) atoms. The first-order chi connectivity index (χ1) is 21.1. The van der Waals surface area contributed by atoms with Crippen molar-refractivity contribution in [2.75, 3.05) is 18.6 Å². The highest BCUT2D eigenvalue weighted by Gasteiger charge is 2.42.